The van der Waals surface area contributed by atoms with Crippen LogP contribution in [0.25, 0.3) is 0 Å². The number of nitrogens with one attached hydrogen (secondary N) is 1. The van der Waals surface area contributed by atoms with Gasteiger partial charge in [-0.1, -0.05) is 12.1 Å². The highest BCUT2D eigenvalue weighted by molar-refractivity contribution is 6.04. The second-order valence-corrected chi connectivity index (χ2v) is 5.36. The van der Waals surface area contributed by atoms with Crippen LogP contribution in [-0.2, 0) is 12.8 Å². The number of halogens is 2. The van der Waals surface area contributed by atoms with Crippen molar-refractivity contribution in [2.45, 2.75) is 26.2 Å². The van der Waals surface area contributed by atoms with E-state index in [0.717, 1.165) is 36.6 Å². The molecule has 0 unspecified atom stereocenters. The van der Waals surface area contributed by atoms with Crippen LogP contribution in [0, 0.1) is 17.6 Å². The molecule has 0 aliphatic heterocycles. The van der Waals surface area contributed by atoms with Gasteiger partial charge in [-0.05, 0) is 30.9 Å². The van der Waals surface area contributed by atoms with Gasteiger partial charge in [-0.15, -0.1) is 0 Å². The molecule has 3 rings (SSSR count). The number of fused-ring (bicyclic) bond motifs is 1. The van der Waals surface area contributed by atoms with Crippen LogP contribution in [0.3, 0.4) is 0 Å². The van der Waals surface area contributed by atoms with Gasteiger partial charge in [0.2, 0.25) is 0 Å². The number of benzene rings is 1. The summed E-state index contributed by atoms with van der Waals surface area (Å²) in [5.74, 6) is -0.760. The van der Waals surface area contributed by atoms with E-state index >= 15 is 0 Å². The molecule has 4 nitrogen and oxygen atoms in total. The van der Waals surface area contributed by atoms with Crippen molar-refractivity contribution in [2.75, 3.05) is 5.32 Å². The van der Waals surface area contributed by atoms with Gasteiger partial charge in [-0.3, -0.25) is 4.79 Å². The summed E-state index contributed by atoms with van der Waals surface area (Å²) >= 11 is 0. The molecule has 1 heterocycles. The summed E-state index contributed by atoms with van der Waals surface area (Å²) in [5, 5.41) is 6.12. The Labute approximate surface area is 120 Å². The molecule has 1 aromatic heterocycles. The topological polar surface area (TPSA) is 55.1 Å². The Kier molecular flexibility index (Phi) is 3.45. The predicted molar refractivity (Wildman–Crippen MR) is 72.0 cm³/mol. The van der Waals surface area contributed by atoms with Crippen molar-refractivity contribution in [3.05, 3.63) is 46.9 Å². The molecule has 0 spiro atoms. The molecule has 1 aliphatic carbocycles. The van der Waals surface area contributed by atoms with Gasteiger partial charge in [0, 0.05) is 18.1 Å². The number of hydrogen-bond donors (Lipinski definition) is 1. The maximum Gasteiger partial charge on any atom is 0.278 e. The molecule has 0 fully saturated rings. The van der Waals surface area contributed by atoms with Gasteiger partial charge in [-0.25, -0.2) is 8.78 Å². The number of anilines is 1. The fourth-order valence-electron chi connectivity index (χ4n) is 2.53. The number of aryl methyl sites for hydroxylation is 1. The summed E-state index contributed by atoms with van der Waals surface area (Å²) in [6.45, 7) is 2.09. The van der Waals surface area contributed by atoms with Crippen LogP contribution in [0.1, 0.15) is 35.2 Å². The first-order chi connectivity index (χ1) is 10.0. The van der Waals surface area contributed by atoms with Crippen LogP contribution in [0.15, 0.2) is 22.7 Å². The summed E-state index contributed by atoms with van der Waals surface area (Å²) in [6, 6.07) is 2.89. The summed E-state index contributed by atoms with van der Waals surface area (Å²) in [6.07, 6.45) is 2.43. The lowest BCUT2D eigenvalue weighted by Crippen LogP contribution is -2.18. The molecule has 1 N–H and O–H groups in total. The minimum absolute atomic E-state index is 0.153. The Morgan fingerprint density at radius 3 is 3.05 bits per heavy atom. The third-order valence-electron chi connectivity index (χ3n) is 3.68. The first-order valence-corrected chi connectivity index (χ1v) is 6.78. The van der Waals surface area contributed by atoms with Crippen LogP contribution < -0.4 is 5.32 Å². The van der Waals surface area contributed by atoms with Gasteiger partial charge in [0.1, 0.15) is 17.4 Å². The Hall–Kier alpha value is -2.24. The number of rotatable bonds is 2. The van der Waals surface area contributed by atoms with Gasteiger partial charge in [0.25, 0.3) is 5.91 Å². The number of carbonyl (C=O) groups is 1. The highest BCUT2D eigenvalue weighted by atomic mass is 19.1. The Bertz CT molecular complexity index is 697. The molecule has 1 amide bonds. The third kappa shape index (κ3) is 2.66. The molecule has 110 valence electrons. The van der Waals surface area contributed by atoms with Gasteiger partial charge in [0.05, 0.1) is 5.69 Å². The molecule has 0 radical (unpaired) electrons. The summed E-state index contributed by atoms with van der Waals surface area (Å²) in [4.78, 5) is 12.2. The quantitative estimate of drug-likeness (QED) is 0.923. The number of aromatic nitrogens is 1. The highest BCUT2D eigenvalue weighted by Crippen LogP contribution is 2.28. The van der Waals surface area contributed by atoms with Gasteiger partial charge in [-0.2, -0.15) is 0 Å². The zero-order chi connectivity index (χ0) is 15.0. The molecular weight excluding hydrogens is 278 g/mol. The molecule has 0 saturated heterocycles. The van der Waals surface area contributed by atoms with E-state index in [4.69, 9.17) is 4.52 Å². The predicted octanol–water partition coefficient (Wildman–Crippen LogP) is 3.33. The van der Waals surface area contributed by atoms with E-state index in [-0.39, 0.29) is 11.4 Å². The molecule has 2 aromatic rings. The Balaban J connectivity index is 1.86. The van der Waals surface area contributed by atoms with E-state index in [9.17, 15) is 13.6 Å². The molecular formula is C15H14F2N2O2. The largest absolute Gasteiger partial charge is 0.360 e. The minimum atomic E-state index is -0.699. The first kappa shape index (κ1) is 13.7. The number of carbonyl (C=O) groups excluding carboxylic acids is 1. The van der Waals surface area contributed by atoms with Crippen LogP contribution in [0.5, 0.6) is 0 Å². The first-order valence-electron chi connectivity index (χ1n) is 6.78. The fourth-order valence-corrected chi connectivity index (χ4v) is 2.53. The lowest BCUT2D eigenvalue weighted by molar-refractivity contribution is 0.101. The molecule has 1 atom stereocenters. The SMILES string of the molecule is C[C@H]1CCc2onc(C(=O)Nc3cc(F)ccc3F)c2C1. The van der Waals surface area contributed by atoms with Gasteiger partial charge < -0.3 is 9.84 Å². The zero-order valence-corrected chi connectivity index (χ0v) is 11.5. The van der Waals surface area contributed by atoms with Crippen LogP contribution >= 0.6 is 0 Å². The zero-order valence-electron chi connectivity index (χ0n) is 11.5. The van der Waals surface area contributed by atoms with E-state index in [1.165, 1.54) is 0 Å². The highest BCUT2D eigenvalue weighted by Gasteiger charge is 2.27. The maximum absolute atomic E-state index is 13.5. The van der Waals surface area contributed by atoms with Crippen LogP contribution in [0.2, 0.25) is 0 Å². The monoisotopic (exact) mass is 292 g/mol. The van der Waals surface area contributed by atoms with Crippen LogP contribution in [-0.4, -0.2) is 11.1 Å². The summed E-state index contributed by atoms with van der Waals surface area (Å²) < 4.78 is 31.8. The van der Waals surface area contributed by atoms with Crippen molar-refractivity contribution in [1.82, 2.24) is 5.16 Å². The normalized spacial score (nSPS) is 17.4. The Morgan fingerprint density at radius 1 is 1.43 bits per heavy atom. The molecule has 0 saturated carbocycles. The van der Waals surface area contributed by atoms with Crippen LogP contribution in [0.4, 0.5) is 14.5 Å². The van der Waals surface area contributed by atoms with E-state index in [0.29, 0.717) is 18.1 Å². The van der Waals surface area contributed by atoms with Crippen molar-refractivity contribution >= 4 is 11.6 Å². The molecule has 1 aromatic carbocycles. The third-order valence-corrected chi connectivity index (χ3v) is 3.68. The molecule has 6 heteroatoms. The average molecular weight is 292 g/mol. The van der Waals surface area contributed by atoms with E-state index in [2.05, 4.69) is 17.4 Å². The van der Waals surface area contributed by atoms with Crippen molar-refractivity contribution in [1.29, 1.82) is 0 Å². The van der Waals surface area contributed by atoms with Crippen molar-refractivity contribution < 1.29 is 18.1 Å². The Morgan fingerprint density at radius 2 is 2.24 bits per heavy atom. The van der Waals surface area contributed by atoms with Gasteiger partial charge >= 0.3 is 0 Å². The second-order valence-electron chi connectivity index (χ2n) is 5.36. The van der Waals surface area contributed by atoms with Crippen molar-refractivity contribution in [3.8, 4) is 0 Å². The molecule has 0 bridgehead atoms. The number of hydrogen-bond acceptors (Lipinski definition) is 3. The van der Waals surface area contributed by atoms with E-state index in [1.54, 1.807) is 0 Å². The second kappa shape index (κ2) is 5.27. The van der Waals surface area contributed by atoms with Crippen molar-refractivity contribution in [2.24, 2.45) is 5.92 Å². The minimum Gasteiger partial charge on any atom is -0.360 e. The summed E-state index contributed by atoms with van der Waals surface area (Å²) in [5.41, 5.74) is 0.712. The fraction of sp³-hybridized carbons (Fsp3) is 0.333. The maximum atomic E-state index is 13.5. The van der Waals surface area contributed by atoms with Gasteiger partial charge in [0.15, 0.2) is 5.69 Å². The standard InChI is InChI=1S/C15H14F2N2O2/c1-8-2-5-13-10(6-8)14(19-21-13)15(20)18-12-7-9(16)3-4-11(12)17/h3-4,7-8H,2,5-6H2,1H3,(H,18,20)/t8-/m0/s1. The number of nitrogens with zero attached hydrogens (tertiary/aromatic N) is 1. The lowest BCUT2D eigenvalue weighted by atomic mass is 9.88. The average Bonchev–Trinajstić information content (AvgIpc) is 2.85. The van der Waals surface area contributed by atoms with E-state index in [1.807, 2.05) is 0 Å². The van der Waals surface area contributed by atoms with Crippen molar-refractivity contribution in [3.63, 3.8) is 0 Å². The van der Waals surface area contributed by atoms with E-state index < -0.39 is 17.5 Å². The lowest BCUT2D eigenvalue weighted by Gasteiger charge is -2.16. The number of amides is 1. The molecule has 1 aliphatic rings. The molecule has 21 heavy (non-hydrogen) atoms. The smallest absolute Gasteiger partial charge is 0.278 e. The summed E-state index contributed by atoms with van der Waals surface area (Å²) in [7, 11) is 0.